The van der Waals surface area contributed by atoms with Crippen molar-refractivity contribution in [3.8, 4) is 16.5 Å². The normalized spacial score (nSPS) is 17.6. The van der Waals surface area contributed by atoms with Crippen molar-refractivity contribution in [2.24, 2.45) is 0 Å². The third-order valence-electron chi connectivity index (χ3n) is 5.99. The fraction of sp³-hybridized carbons (Fsp3) is 0.320. The first-order valence-corrected chi connectivity index (χ1v) is 11.9. The second kappa shape index (κ2) is 9.44. The second-order valence-electron chi connectivity index (χ2n) is 8.20. The molecule has 0 aliphatic carbocycles. The van der Waals surface area contributed by atoms with Crippen molar-refractivity contribution in [1.29, 1.82) is 0 Å². The average molecular weight is 478 g/mol. The van der Waals surface area contributed by atoms with Gasteiger partial charge in [-0.05, 0) is 74.4 Å². The molecule has 0 bridgehead atoms. The van der Waals surface area contributed by atoms with Crippen molar-refractivity contribution >= 4 is 33.8 Å². The van der Waals surface area contributed by atoms with Crippen LogP contribution in [0.4, 0.5) is 5.82 Å². The molecular formula is C25H26N6O2S. The number of pyridine rings is 2. The zero-order valence-corrected chi connectivity index (χ0v) is 19.7. The minimum atomic E-state index is -2.33. The summed E-state index contributed by atoms with van der Waals surface area (Å²) >= 11 is 0.968. The van der Waals surface area contributed by atoms with Gasteiger partial charge in [-0.2, -0.15) is 0 Å². The number of fused-ring (bicyclic) bond motifs is 1. The van der Waals surface area contributed by atoms with E-state index in [2.05, 4.69) is 25.5 Å². The number of rotatable bonds is 5. The Morgan fingerprint density at radius 1 is 1.26 bits per heavy atom. The first-order chi connectivity index (χ1) is 17.8. The van der Waals surface area contributed by atoms with E-state index in [4.69, 9.17) is 8.85 Å². The maximum Gasteiger partial charge on any atom is 0.261 e. The molecule has 4 aromatic rings. The number of anilines is 1. The fourth-order valence-electron chi connectivity index (χ4n) is 4.37. The van der Waals surface area contributed by atoms with Crippen LogP contribution in [0.25, 0.3) is 21.5 Å². The van der Waals surface area contributed by atoms with Crippen molar-refractivity contribution in [2.45, 2.75) is 32.7 Å². The molecule has 1 aromatic carbocycles. The molecule has 0 radical (unpaired) electrons. The molecule has 1 fully saturated rings. The molecule has 0 saturated carbocycles. The van der Waals surface area contributed by atoms with Gasteiger partial charge in [-0.3, -0.25) is 14.7 Å². The number of carbonyl (C=O) groups excluding carboxylic acids is 1. The van der Waals surface area contributed by atoms with Gasteiger partial charge in [0.05, 0.1) is 18.7 Å². The molecule has 1 amide bonds. The molecule has 5 rings (SSSR count). The van der Waals surface area contributed by atoms with E-state index in [1.54, 1.807) is 30.3 Å². The summed E-state index contributed by atoms with van der Waals surface area (Å²) in [5.41, 5.74) is 1.83. The van der Waals surface area contributed by atoms with Crippen LogP contribution in [0.5, 0.6) is 5.75 Å². The number of carbonyl (C=O) groups is 1. The van der Waals surface area contributed by atoms with Crippen LogP contribution in [0.3, 0.4) is 0 Å². The van der Waals surface area contributed by atoms with E-state index in [0.29, 0.717) is 28.6 Å². The van der Waals surface area contributed by atoms with E-state index < -0.39 is 6.85 Å². The molecule has 1 saturated heterocycles. The summed E-state index contributed by atoms with van der Waals surface area (Å²) in [6, 6.07) is 9.09. The minimum Gasteiger partial charge on any atom is -0.497 e. The molecule has 1 aliphatic heterocycles. The summed E-state index contributed by atoms with van der Waals surface area (Å²) in [6.07, 6.45) is 5.01. The van der Waals surface area contributed by atoms with Crippen molar-refractivity contribution in [3.63, 3.8) is 0 Å². The molecule has 174 valence electrons. The number of nitrogens with zero attached hydrogens (tertiary/aromatic N) is 5. The summed E-state index contributed by atoms with van der Waals surface area (Å²) in [7, 11) is 1.63. The molecule has 1 N–H and O–H groups in total. The standard InChI is InChI=1S/C25H26N6O2S/c1-15-11-20(33-3)12-17-8-10-27-23(22(15)17)31(19-5-4-9-26-14-19)25(32)18-6-7-21(28-13-18)24-30-29-16(2)34-24/h6-8,10-13,19,26H,4-5,9,14H2,1-3H3/t19-/m1/s1/i2D3. The van der Waals surface area contributed by atoms with Gasteiger partial charge in [-0.25, -0.2) is 4.98 Å². The summed E-state index contributed by atoms with van der Waals surface area (Å²) in [5, 5.41) is 13.3. The zero-order valence-electron chi connectivity index (χ0n) is 21.9. The predicted octanol–water partition coefficient (Wildman–Crippen LogP) is 4.17. The lowest BCUT2D eigenvalue weighted by Crippen LogP contribution is -2.49. The highest BCUT2D eigenvalue weighted by molar-refractivity contribution is 7.14. The molecule has 0 unspecified atom stereocenters. The number of hydrogen-bond acceptors (Lipinski definition) is 8. The number of methoxy groups -OCH3 is 1. The lowest BCUT2D eigenvalue weighted by molar-refractivity contribution is 0.0971. The molecule has 8 nitrogen and oxygen atoms in total. The summed E-state index contributed by atoms with van der Waals surface area (Å²) < 4.78 is 28.0. The molecule has 1 atom stereocenters. The van der Waals surface area contributed by atoms with Crippen LogP contribution in [0.1, 0.15) is 37.9 Å². The van der Waals surface area contributed by atoms with Gasteiger partial charge in [-0.15, -0.1) is 10.2 Å². The van der Waals surface area contributed by atoms with Crippen molar-refractivity contribution in [1.82, 2.24) is 25.5 Å². The molecule has 4 heterocycles. The quantitative estimate of drug-likeness (QED) is 0.461. The number of aromatic nitrogens is 4. The SMILES string of the molecule is [2H]C([2H])([2H])c1nnc(-c2ccc(C(=O)N(c3nccc4cc(OC)cc(C)c34)[C@@H]3CCCNC3)cn2)s1. The Kier molecular flexibility index (Phi) is 5.26. The van der Waals surface area contributed by atoms with E-state index in [1.807, 2.05) is 25.1 Å². The Morgan fingerprint density at radius 3 is 2.88 bits per heavy atom. The van der Waals surface area contributed by atoms with E-state index >= 15 is 0 Å². The van der Waals surface area contributed by atoms with Crippen molar-refractivity contribution in [2.75, 3.05) is 25.1 Å². The lowest BCUT2D eigenvalue weighted by Gasteiger charge is -2.35. The number of ether oxygens (including phenoxy) is 1. The van der Waals surface area contributed by atoms with E-state index in [1.165, 1.54) is 6.20 Å². The van der Waals surface area contributed by atoms with Crippen LogP contribution in [-0.2, 0) is 0 Å². The summed E-state index contributed by atoms with van der Waals surface area (Å²) in [6.45, 7) is 1.24. The Bertz CT molecular complexity index is 1430. The number of aryl methyl sites for hydroxylation is 2. The second-order valence-corrected chi connectivity index (χ2v) is 9.17. The molecule has 0 spiro atoms. The topological polar surface area (TPSA) is 93.1 Å². The molecule has 34 heavy (non-hydrogen) atoms. The van der Waals surface area contributed by atoms with Gasteiger partial charge >= 0.3 is 0 Å². The number of nitrogens with one attached hydrogen (secondary N) is 1. The smallest absolute Gasteiger partial charge is 0.261 e. The predicted molar refractivity (Wildman–Crippen MR) is 134 cm³/mol. The van der Waals surface area contributed by atoms with Gasteiger partial charge < -0.3 is 10.1 Å². The highest BCUT2D eigenvalue weighted by Crippen LogP contribution is 2.34. The van der Waals surface area contributed by atoms with Crippen LogP contribution in [0, 0.1) is 13.8 Å². The summed E-state index contributed by atoms with van der Waals surface area (Å²) in [5.74, 6) is 1.15. The maximum atomic E-state index is 14.0. The van der Waals surface area contributed by atoms with Crippen LogP contribution in [-0.4, -0.2) is 52.3 Å². The van der Waals surface area contributed by atoms with E-state index in [0.717, 1.165) is 52.8 Å². The number of benzene rings is 1. The fourth-order valence-corrected chi connectivity index (χ4v) is 4.94. The van der Waals surface area contributed by atoms with Crippen LogP contribution in [0.2, 0.25) is 0 Å². The summed E-state index contributed by atoms with van der Waals surface area (Å²) in [4.78, 5) is 24.9. The Morgan fingerprint density at radius 2 is 2.18 bits per heavy atom. The van der Waals surface area contributed by atoms with E-state index in [9.17, 15) is 4.79 Å². The highest BCUT2D eigenvalue weighted by Gasteiger charge is 2.30. The van der Waals surface area contributed by atoms with Gasteiger partial charge in [-0.1, -0.05) is 11.3 Å². The average Bonchev–Trinajstić information content (AvgIpc) is 3.41. The molecule has 9 heteroatoms. The Balaban J connectivity index is 1.53. The zero-order chi connectivity index (χ0) is 26.2. The Hall–Kier alpha value is -3.43. The first-order valence-electron chi connectivity index (χ1n) is 12.5. The van der Waals surface area contributed by atoms with Gasteiger partial charge in [0.15, 0.2) is 5.01 Å². The van der Waals surface area contributed by atoms with Crippen molar-refractivity contribution in [3.05, 3.63) is 58.9 Å². The van der Waals surface area contributed by atoms with Crippen molar-refractivity contribution < 1.29 is 13.6 Å². The van der Waals surface area contributed by atoms with Gasteiger partial charge in [0.1, 0.15) is 22.3 Å². The maximum absolute atomic E-state index is 14.0. The third kappa shape index (κ3) is 4.24. The van der Waals surface area contributed by atoms with Gasteiger partial charge in [0.2, 0.25) is 0 Å². The van der Waals surface area contributed by atoms with E-state index in [-0.39, 0.29) is 17.0 Å². The number of piperidine rings is 1. The largest absolute Gasteiger partial charge is 0.497 e. The lowest BCUT2D eigenvalue weighted by atomic mass is 10.0. The van der Waals surface area contributed by atoms with Gasteiger partial charge in [0, 0.05) is 28.4 Å². The van der Waals surface area contributed by atoms with Gasteiger partial charge in [0.25, 0.3) is 5.91 Å². The number of hydrogen-bond donors (Lipinski definition) is 1. The molecule has 3 aromatic heterocycles. The van der Waals surface area contributed by atoms with Crippen LogP contribution in [0.15, 0.2) is 42.7 Å². The first kappa shape index (κ1) is 18.9. The van der Waals surface area contributed by atoms with Crippen LogP contribution >= 0.6 is 11.3 Å². The molecule has 1 aliphatic rings. The Labute approximate surface area is 206 Å². The monoisotopic (exact) mass is 477 g/mol. The van der Waals surface area contributed by atoms with Crippen LogP contribution < -0.4 is 15.0 Å². The minimum absolute atomic E-state index is 0.0468. The third-order valence-corrected chi connectivity index (χ3v) is 6.75. The number of amides is 1. The molecular weight excluding hydrogens is 448 g/mol. The highest BCUT2D eigenvalue weighted by atomic mass is 32.1.